The fourth-order valence-electron chi connectivity index (χ4n) is 2.22. The predicted molar refractivity (Wildman–Crippen MR) is 89.5 cm³/mol. The minimum absolute atomic E-state index is 0.170. The first kappa shape index (κ1) is 13.8. The maximum Gasteiger partial charge on any atom is 0.257 e. The number of rotatable bonds is 4. The van der Waals surface area contributed by atoms with E-state index < -0.39 is 0 Å². The van der Waals surface area contributed by atoms with Gasteiger partial charge in [-0.15, -0.1) is 0 Å². The summed E-state index contributed by atoms with van der Waals surface area (Å²) in [6.45, 7) is 0. The third-order valence-electron chi connectivity index (χ3n) is 3.25. The Morgan fingerprint density at radius 2 is 1.87 bits per heavy atom. The van der Waals surface area contributed by atoms with Crippen molar-refractivity contribution in [3.8, 4) is 0 Å². The molecule has 0 aliphatic carbocycles. The van der Waals surface area contributed by atoms with Gasteiger partial charge in [0, 0.05) is 0 Å². The molecular weight excluding hydrogens is 312 g/mol. The van der Waals surface area contributed by atoms with E-state index in [0.717, 1.165) is 16.6 Å². The summed E-state index contributed by atoms with van der Waals surface area (Å²) in [5.41, 5.74) is 3.20. The van der Waals surface area contributed by atoms with Gasteiger partial charge in [-0.2, -0.15) is 0 Å². The lowest BCUT2D eigenvalue weighted by Gasteiger charge is -1.99. The SMILES string of the molecule is O=C(CSc1nc2ccccc2o1)Nc1nc2ccccc2[nH]1. The van der Waals surface area contributed by atoms with Gasteiger partial charge in [-0.1, -0.05) is 36.0 Å². The van der Waals surface area contributed by atoms with E-state index in [1.54, 1.807) is 0 Å². The Morgan fingerprint density at radius 3 is 2.70 bits per heavy atom. The van der Waals surface area contributed by atoms with Crippen molar-refractivity contribution in [1.82, 2.24) is 15.0 Å². The Kier molecular flexibility index (Phi) is 3.47. The predicted octanol–water partition coefficient (Wildman–Crippen LogP) is 3.43. The highest BCUT2D eigenvalue weighted by Crippen LogP contribution is 2.23. The molecule has 0 aliphatic rings. The highest BCUT2D eigenvalue weighted by Gasteiger charge is 2.11. The average molecular weight is 324 g/mol. The van der Waals surface area contributed by atoms with Crippen LogP contribution in [0.25, 0.3) is 22.1 Å². The molecule has 114 valence electrons. The van der Waals surface area contributed by atoms with Gasteiger partial charge >= 0.3 is 0 Å². The lowest BCUT2D eigenvalue weighted by atomic mass is 10.3. The number of hydrogen-bond donors (Lipinski definition) is 2. The van der Waals surface area contributed by atoms with Gasteiger partial charge in [-0.05, 0) is 24.3 Å². The molecule has 2 aromatic carbocycles. The molecule has 0 radical (unpaired) electrons. The zero-order valence-electron chi connectivity index (χ0n) is 11.9. The number of aromatic amines is 1. The van der Waals surface area contributed by atoms with Crippen LogP contribution in [0.5, 0.6) is 0 Å². The van der Waals surface area contributed by atoms with Gasteiger partial charge in [0.05, 0.1) is 16.8 Å². The Bertz CT molecular complexity index is 926. The van der Waals surface area contributed by atoms with Crippen LogP contribution in [-0.4, -0.2) is 26.6 Å². The number of carbonyl (C=O) groups excluding carboxylic acids is 1. The maximum atomic E-state index is 12.0. The Hall–Kier alpha value is -2.80. The Labute approximate surface area is 135 Å². The number of para-hydroxylation sites is 4. The molecule has 0 saturated heterocycles. The van der Waals surface area contributed by atoms with Crippen LogP contribution in [0.3, 0.4) is 0 Å². The topological polar surface area (TPSA) is 83.8 Å². The van der Waals surface area contributed by atoms with Crippen molar-refractivity contribution < 1.29 is 9.21 Å². The van der Waals surface area contributed by atoms with Crippen molar-refractivity contribution in [2.24, 2.45) is 0 Å². The number of nitrogens with zero attached hydrogens (tertiary/aromatic N) is 2. The fourth-order valence-corrected chi connectivity index (χ4v) is 2.86. The summed E-state index contributed by atoms with van der Waals surface area (Å²) in [6, 6.07) is 15.1. The summed E-state index contributed by atoms with van der Waals surface area (Å²) in [6.07, 6.45) is 0. The molecule has 0 bridgehead atoms. The van der Waals surface area contributed by atoms with Crippen LogP contribution in [-0.2, 0) is 4.79 Å². The minimum Gasteiger partial charge on any atom is -0.431 e. The van der Waals surface area contributed by atoms with E-state index in [1.165, 1.54) is 11.8 Å². The molecule has 7 heteroatoms. The van der Waals surface area contributed by atoms with Crippen LogP contribution in [0.15, 0.2) is 58.2 Å². The zero-order chi connectivity index (χ0) is 15.6. The smallest absolute Gasteiger partial charge is 0.257 e. The number of fused-ring (bicyclic) bond motifs is 2. The third kappa shape index (κ3) is 2.91. The molecule has 23 heavy (non-hydrogen) atoms. The van der Waals surface area contributed by atoms with Gasteiger partial charge in [-0.3, -0.25) is 10.1 Å². The Morgan fingerprint density at radius 1 is 1.09 bits per heavy atom. The number of anilines is 1. The van der Waals surface area contributed by atoms with Crippen LogP contribution in [0.2, 0.25) is 0 Å². The maximum absolute atomic E-state index is 12.0. The monoisotopic (exact) mass is 324 g/mol. The van der Waals surface area contributed by atoms with Crippen LogP contribution >= 0.6 is 11.8 Å². The van der Waals surface area contributed by atoms with Gasteiger partial charge in [-0.25, -0.2) is 9.97 Å². The summed E-state index contributed by atoms with van der Waals surface area (Å²) >= 11 is 1.25. The van der Waals surface area contributed by atoms with Gasteiger partial charge in [0.25, 0.3) is 5.22 Å². The van der Waals surface area contributed by atoms with Gasteiger partial charge in [0.2, 0.25) is 11.9 Å². The number of H-pyrrole nitrogens is 1. The first-order chi connectivity index (χ1) is 11.3. The number of carbonyl (C=O) groups is 1. The molecule has 0 aliphatic heterocycles. The van der Waals surface area contributed by atoms with Crippen molar-refractivity contribution in [2.75, 3.05) is 11.1 Å². The summed E-state index contributed by atoms with van der Waals surface area (Å²) in [4.78, 5) is 23.7. The first-order valence-corrected chi connectivity index (χ1v) is 7.99. The number of imidazole rings is 1. The van der Waals surface area contributed by atoms with Gasteiger partial charge in [0.15, 0.2) is 5.58 Å². The number of hydrogen-bond acceptors (Lipinski definition) is 5. The number of thioether (sulfide) groups is 1. The summed E-state index contributed by atoms with van der Waals surface area (Å²) in [5, 5.41) is 3.22. The quantitative estimate of drug-likeness (QED) is 0.562. The van der Waals surface area contributed by atoms with E-state index in [1.807, 2.05) is 48.5 Å². The lowest BCUT2D eigenvalue weighted by molar-refractivity contribution is -0.113. The average Bonchev–Trinajstić information content (AvgIpc) is 3.15. The van der Waals surface area contributed by atoms with Crippen molar-refractivity contribution in [3.05, 3.63) is 48.5 Å². The lowest BCUT2D eigenvalue weighted by Crippen LogP contribution is -2.14. The van der Waals surface area contributed by atoms with E-state index in [4.69, 9.17) is 4.42 Å². The standard InChI is InChI=1S/C16H12N4O2S/c21-14(20-15-17-10-5-1-2-6-11(10)18-15)9-23-16-19-12-7-3-4-8-13(12)22-16/h1-8H,9H2,(H2,17,18,20,21). The van der Waals surface area contributed by atoms with Crippen molar-refractivity contribution >= 4 is 45.8 Å². The van der Waals surface area contributed by atoms with Crippen molar-refractivity contribution in [1.29, 1.82) is 0 Å². The molecule has 0 atom stereocenters. The summed E-state index contributed by atoms with van der Waals surface area (Å²) in [5.74, 6) is 0.467. The number of nitrogens with one attached hydrogen (secondary N) is 2. The highest BCUT2D eigenvalue weighted by atomic mass is 32.2. The molecule has 4 rings (SSSR count). The molecule has 0 spiro atoms. The van der Waals surface area contributed by atoms with Gasteiger partial charge < -0.3 is 9.40 Å². The number of amides is 1. The molecular formula is C16H12N4O2S. The fraction of sp³-hybridized carbons (Fsp3) is 0.0625. The molecule has 1 amide bonds. The second-order valence-electron chi connectivity index (χ2n) is 4.89. The zero-order valence-corrected chi connectivity index (χ0v) is 12.8. The Balaban J connectivity index is 1.41. The number of aromatic nitrogens is 3. The van der Waals surface area contributed by atoms with Crippen LogP contribution in [0.1, 0.15) is 0 Å². The number of benzene rings is 2. The highest BCUT2D eigenvalue weighted by molar-refractivity contribution is 7.99. The second-order valence-corrected chi connectivity index (χ2v) is 5.81. The summed E-state index contributed by atoms with van der Waals surface area (Å²) in [7, 11) is 0. The van der Waals surface area contributed by atoms with E-state index in [-0.39, 0.29) is 11.7 Å². The normalized spacial score (nSPS) is 11.1. The molecule has 0 unspecified atom stereocenters. The molecule has 2 heterocycles. The minimum atomic E-state index is -0.170. The molecule has 0 fully saturated rings. The second kappa shape index (κ2) is 5.77. The van der Waals surface area contributed by atoms with Gasteiger partial charge in [0.1, 0.15) is 5.52 Å². The van der Waals surface area contributed by atoms with E-state index in [0.29, 0.717) is 16.8 Å². The van der Waals surface area contributed by atoms with Crippen LogP contribution in [0.4, 0.5) is 5.95 Å². The summed E-state index contributed by atoms with van der Waals surface area (Å²) < 4.78 is 5.57. The molecule has 0 saturated carbocycles. The van der Waals surface area contributed by atoms with E-state index >= 15 is 0 Å². The van der Waals surface area contributed by atoms with Crippen molar-refractivity contribution in [3.63, 3.8) is 0 Å². The van der Waals surface area contributed by atoms with Crippen LogP contribution < -0.4 is 5.32 Å². The first-order valence-electron chi connectivity index (χ1n) is 7.01. The van der Waals surface area contributed by atoms with E-state index in [2.05, 4.69) is 20.3 Å². The molecule has 2 N–H and O–H groups in total. The molecule has 6 nitrogen and oxygen atoms in total. The number of oxazole rings is 1. The largest absolute Gasteiger partial charge is 0.431 e. The van der Waals surface area contributed by atoms with Crippen molar-refractivity contribution in [2.45, 2.75) is 5.22 Å². The van der Waals surface area contributed by atoms with Crippen LogP contribution in [0, 0.1) is 0 Å². The molecule has 2 aromatic heterocycles. The third-order valence-corrected chi connectivity index (χ3v) is 4.08. The van der Waals surface area contributed by atoms with E-state index in [9.17, 15) is 4.79 Å². The molecule has 4 aromatic rings.